The third kappa shape index (κ3) is 3.69. The third-order valence-corrected chi connectivity index (χ3v) is 3.02. The van der Waals surface area contributed by atoms with Crippen LogP contribution in [0.2, 0.25) is 0 Å². The van der Waals surface area contributed by atoms with Gasteiger partial charge in [0.25, 0.3) is 0 Å². The topological polar surface area (TPSA) is 26.3 Å². The van der Waals surface area contributed by atoms with Gasteiger partial charge in [-0.2, -0.15) is 0 Å². The second-order valence-corrected chi connectivity index (χ2v) is 4.23. The number of ether oxygens (including phenoxy) is 1. The lowest BCUT2D eigenvalue weighted by molar-refractivity contribution is -0.120. The van der Waals surface area contributed by atoms with Crippen LogP contribution in [0, 0.1) is 5.92 Å². The minimum atomic E-state index is 0.220. The SMILES string of the molecule is CCCCC(CC)C(=O)C1=COCCC1. The summed E-state index contributed by atoms with van der Waals surface area (Å²) in [7, 11) is 0. The number of hydrogen-bond donors (Lipinski definition) is 0. The van der Waals surface area contributed by atoms with Crippen LogP contribution in [0.3, 0.4) is 0 Å². The van der Waals surface area contributed by atoms with Crippen molar-refractivity contribution in [2.45, 2.75) is 52.4 Å². The molecule has 1 heterocycles. The van der Waals surface area contributed by atoms with Crippen molar-refractivity contribution in [3.63, 3.8) is 0 Å². The number of carbonyl (C=O) groups is 1. The maximum absolute atomic E-state index is 12.1. The molecular formula is C13H22O2. The predicted octanol–water partition coefficient (Wildman–Crippen LogP) is 3.47. The van der Waals surface area contributed by atoms with Gasteiger partial charge in [-0.1, -0.05) is 26.7 Å². The Balaban J connectivity index is 2.51. The van der Waals surface area contributed by atoms with Crippen molar-refractivity contribution in [3.8, 4) is 0 Å². The summed E-state index contributed by atoms with van der Waals surface area (Å²) in [6.45, 7) is 5.03. The highest BCUT2D eigenvalue weighted by Gasteiger charge is 2.21. The summed E-state index contributed by atoms with van der Waals surface area (Å²) in [6, 6.07) is 0. The molecule has 2 nitrogen and oxygen atoms in total. The Labute approximate surface area is 92.7 Å². The van der Waals surface area contributed by atoms with Crippen molar-refractivity contribution in [2.24, 2.45) is 5.92 Å². The van der Waals surface area contributed by atoms with Crippen LogP contribution in [0.25, 0.3) is 0 Å². The Kier molecular flexibility index (Phi) is 5.44. The number of hydrogen-bond acceptors (Lipinski definition) is 2. The van der Waals surface area contributed by atoms with E-state index in [1.165, 1.54) is 6.42 Å². The van der Waals surface area contributed by atoms with E-state index in [-0.39, 0.29) is 5.92 Å². The lowest BCUT2D eigenvalue weighted by Crippen LogP contribution is -2.18. The number of allylic oxidation sites excluding steroid dienone is 1. The van der Waals surface area contributed by atoms with Crippen LogP contribution in [-0.4, -0.2) is 12.4 Å². The first kappa shape index (κ1) is 12.3. The molecule has 1 atom stereocenters. The van der Waals surface area contributed by atoms with Gasteiger partial charge < -0.3 is 4.74 Å². The summed E-state index contributed by atoms with van der Waals surface area (Å²) >= 11 is 0. The van der Waals surface area contributed by atoms with Crippen LogP contribution in [-0.2, 0) is 9.53 Å². The van der Waals surface area contributed by atoms with Gasteiger partial charge >= 0.3 is 0 Å². The molecule has 0 aromatic heterocycles. The van der Waals surface area contributed by atoms with Crippen LogP contribution in [0.1, 0.15) is 52.4 Å². The molecule has 0 aliphatic carbocycles. The second-order valence-electron chi connectivity index (χ2n) is 4.23. The highest BCUT2D eigenvalue weighted by molar-refractivity contribution is 5.96. The molecule has 0 aromatic carbocycles. The highest BCUT2D eigenvalue weighted by atomic mass is 16.5. The molecule has 0 spiro atoms. The van der Waals surface area contributed by atoms with Gasteiger partial charge in [0.2, 0.25) is 0 Å². The van der Waals surface area contributed by atoms with Gasteiger partial charge in [0.05, 0.1) is 12.9 Å². The van der Waals surface area contributed by atoms with Gasteiger partial charge in [0.15, 0.2) is 5.78 Å². The van der Waals surface area contributed by atoms with E-state index in [9.17, 15) is 4.79 Å². The maximum atomic E-state index is 12.1. The molecule has 15 heavy (non-hydrogen) atoms. The van der Waals surface area contributed by atoms with E-state index < -0.39 is 0 Å². The zero-order valence-corrected chi connectivity index (χ0v) is 9.92. The van der Waals surface area contributed by atoms with E-state index in [1.807, 2.05) is 0 Å². The number of carbonyl (C=O) groups excluding carboxylic acids is 1. The van der Waals surface area contributed by atoms with Gasteiger partial charge in [-0.3, -0.25) is 4.79 Å². The van der Waals surface area contributed by atoms with Crippen molar-refractivity contribution in [3.05, 3.63) is 11.8 Å². The molecule has 1 unspecified atom stereocenters. The van der Waals surface area contributed by atoms with Crippen molar-refractivity contribution >= 4 is 5.78 Å². The first-order valence-electron chi connectivity index (χ1n) is 6.14. The Morgan fingerprint density at radius 1 is 1.53 bits per heavy atom. The van der Waals surface area contributed by atoms with Crippen molar-refractivity contribution in [2.75, 3.05) is 6.61 Å². The fourth-order valence-corrected chi connectivity index (χ4v) is 1.98. The minimum absolute atomic E-state index is 0.220. The van der Waals surface area contributed by atoms with Crippen LogP contribution in [0.4, 0.5) is 0 Å². The molecule has 0 fully saturated rings. The average molecular weight is 210 g/mol. The fraction of sp³-hybridized carbons (Fsp3) is 0.769. The normalized spacial score (nSPS) is 17.9. The number of Topliss-reactive ketones (excluding diaryl/α,β-unsaturated/α-hetero) is 1. The molecule has 0 radical (unpaired) electrons. The molecule has 0 N–H and O–H groups in total. The molecule has 0 saturated heterocycles. The van der Waals surface area contributed by atoms with E-state index in [4.69, 9.17) is 4.74 Å². The molecule has 86 valence electrons. The van der Waals surface area contributed by atoms with Gasteiger partial charge in [0.1, 0.15) is 0 Å². The first-order valence-corrected chi connectivity index (χ1v) is 6.14. The van der Waals surface area contributed by atoms with E-state index in [1.54, 1.807) is 6.26 Å². The maximum Gasteiger partial charge on any atom is 0.164 e. The lowest BCUT2D eigenvalue weighted by Gasteiger charge is -2.18. The summed E-state index contributed by atoms with van der Waals surface area (Å²) < 4.78 is 5.22. The summed E-state index contributed by atoms with van der Waals surface area (Å²) in [5, 5.41) is 0. The van der Waals surface area contributed by atoms with E-state index in [2.05, 4.69) is 13.8 Å². The van der Waals surface area contributed by atoms with Crippen molar-refractivity contribution < 1.29 is 9.53 Å². The average Bonchev–Trinajstić information content (AvgIpc) is 2.31. The van der Waals surface area contributed by atoms with Crippen LogP contribution in [0.5, 0.6) is 0 Å². The second kappa shape index (κ2) is 6.65. The summed E-state index contributed by atoms with van der Waals surface area (Å²) in [4.78, 5) is 12.1. The van der Waals surface area contributed by atoms with Gasteiger partial charge in [-0.05, 0) is 25.7 Å². The molecule has 0 aromatic rings. The zero-order valence-electron chi connectivity index (χ0n) is 9.92. The van der Waals surface area contributed by atoms with Gasteiger partial charge in [-0.25, -0.2) is 0 Å². The van der Waals surface area contributed by atoms with Crippen molar-refractivity contribution in [1.82, 2.24) is 0 Å². The summed E-state index contributed by atoms with van der Waals surface area (Å²) in [6.07, 6.45) is 7.88. The molecule has 0 amide bonds. The molecule has 2 heteroatoms. The highest BCUT2D eigenvalue weighted by Crippen LogP contribution is 2.22. The molecule has 1 aliphatic rings. The first-order chi connectivity index (χ1) is 7.29. The predicted molar refractivity (Wildman–Crippen MR) is 61.6 cm³/mol. The van der Waals surface area contributed by atoms with Crippen LogP contribution < -0.4 is 0 Å². The Morgan fingerprint density at radius 2 is 2.33 bits per heavy atom. The summed E-state index contributed by atoms with van der Waals surface area (Å²) in [5.41, 5.74) is 0.907. The number of ketones is 1. The largest absolute Gasteiger partial charge is 0.501 e. The molecule has 0 saturated carbocycles. The number of rotatable bonds is 6. The number of unbranched alkanes of at least 4 members (excludes halogenated alkanes) is 1. The smallest absolute Gasteiger partial charge is 0.164 e. The molecule has 1 rings (SSSR count). The molecular weight excluding hydrogens is 188 g/mol. The van der Waals surface area contributed by atoms with E-state index >= 15 is 0 Å². The molecule has 0 bridgehead atoms. The monoisotopic (exact) mass is 210 g/mol. The van der Waals surface area contributed by atoms with Crippen molar-refractivity contribution in [1.29, 1.82) is 0 Å². The summed E-state index contributed by atoms with van der Waals surface area (Å²) in [5.74, 6) is 0.545. The van der Waals surface area contributed by atoms with Gasteiger partial charge in [0, 0.05) is 11.5 Å². The van der Waals surface area contributed by atoms with Crippen LogP contribution >= 0.6 is 0 Å². The van der Waals surface area contributed by atoms with Gasteiger partial charge in [-0.15, -0.1) is 0 Å². The lowest BCUT2D eigenvalue weighted by atomic mass is 9.89. The Bertz CT molecular complexity index is 231. The van der Waals surface area contributed by atoms with E-state index in [0.717, 1.165) is 44.3 Å². The Hall–Kier alpha value is -0.790. The zero-order chi connectivity index (χ0) is 11.1. The minimum Gasteiger partial charge on any atom is -0.501 e. The fourth-order valence-electron chi connectivity index (χ4n) is 1.98. The Morgan fingerprint density at radius 3 is 2.87 bits per heavy atom. The molecule has 1 aliphatic heterocycles. The quantitative estimate of drug-likeness (QED) is 0.671. The third-order valence-electron chi connectivity index (χ3n) is 3.02. The van der Waals surface area contributed by atoms with E-state index in [0.29, 0.717) is 5.78 Å². The van der Waals surface area contributed by atoms with Crippen LogP contribution in [0.15, 0.2) is 11.8 Å². The standard InChI is InChI=1S/C13H22O2/c1-3-5-7-11(4-2)13(14)12-8-6-9-15-10-12/h10-11H,3-9H2,1-2H3.